The Morgan fingerprint density at radius 3 is 2.29 bits per heavy atom. The van der Waals surface area contributed by atoms with E-state index in [0.717, 1.165) is 5.56 Å². The molecule has 0 aliphatic carbocycles. The minimum atomic E-state index is -3.77. The molecule has 1 aromatic heterocycles. The number of benzene rings is 3. The van der Waals surface area contributed by atoms with E-state index in [9.17, 15) is 18.5 Å². The van der Waals surface area contributed by atoms with Crippen molar-refractivity contribution < 1.29 is 13.3 Å². The number of aromatic nitrogens is 3. The molecule has 4 aromatic rings. The van der Waals surface area contributed by atoms with Crippen LogP contribution in [-0.2, 0) is 29.5 Å². The minimum absolute atomic E-state index is 0.00104. The van der Waals surface area contributed by atoms with E-state index < -0.39 is 14.9 Å². The Bertz CT molecular complexity index is 1360. The molecule has 0 atom stereocenters. The van der Waals surface area contributed by atoms with Gasteiger partial charge in [-0.15, -0.1) is 0 Å². The summed E-state index contributed by atoms with van der Waals surface area (Å²) in [7, 11) is -3.77. The van der Waals surface area contributed by atoms with Gasteiger partial charge < -0.3 is 0 Å². The third-order valence-electron chi connectivity index (χ3n) is 5.24. The van der Waals surface area contributed by atoms with E-state index >= 15 is 0 Å². The van der Waals surface area contributed by atoms with Crippen molar-refractivity contribution in [3.8, 4) is 0 Å². The molecule has 4 rings (SSSR count). The Kier molecular flexibility index (Phi) is 7.09. The molecule has 0 unspecified atom stereocenters. The largest absolute Gasteiger partial charge is 0.269 e. The molecule has 174 valence electrons. The normalized spacial score (nSPS) is 11.6. The van der Waals surface area contributed by atoms with Crippen LogP contribution in [0.2, 0.25) is 0 Å². The second-order valence-electron chi connectivity index (χ2n) is 7.67. The van der Waals surface area contributed by atoms with Gasteiger partial charge in [-0.2, -0.15) is 9.40 Å². The summed E-state index contributed by atoms with van der Waals surface area (Å²) < 4.78 is 29.6. The van der Waals surface area contributed by atoms with E-state index in [1.54, 1.807) is 47.1 Å². The number of rotatable bonds is 10. The van der Waals surface area contributed by atoms with E-state index in [2.05, 4.69) is 10.1 Å². The van der Waals surface area contributed by atoms with Crippen molar-refractivity contribution in [2.24, 2.45) is 0 Å². The Hall–Kier alpha value is -3.89. The van der Waals surface area contributed by atoms with Gasteiger partial charge in [0.1, 0.15) is 6.33 Å². The maximum Gasteiger partial charge on any atom is 0.269 e. The predicted octanol–water partition coefficient (Wildman–Crippen LogP) is 3.67. The van der Waals surface area contributed by atoms with Crippen molar-refractivity contribution in [1.29, 1.82) is 0 Å². The number of nitro benzene ring substituents is 1. The monoisotopic (exact) mass is 477 g/mol. The summed E-state index contributed by atoms with van der Waals surface area (Å²) in [6.07, 6.45) is 2.04. The number of hydrogen-bond acceptors (Lipinski definition) is 6. The average Bonchev–Trinajstić information content (AvgIpc) is 3.29. The SMILES string of the molecule is O=[N+]([O-])c1cccc(Cn2cnc(CN(CCc3ccccc3)S(=O)(=O)c3ccccc3)n2)c1. The summed E-state index contributed by atoms with van der Waals surface area (Å²) in [6, 6.07) is 24.2. The van der Waals surface area contributed by atoms with Crippen molar-refractivity contribution in [3.63, 3.8) is 0 Å². The minimum Gasteiger partial charge on any atom is -0.258 e. The number of hydrogen-bond donors (Lipinski definition) is 0. The van der Waals surface area contributed by atoms with Crippen LogP contribution in [0.4, 0.5) is 5.69 Å². The first kappa shape index (κ1) is 23.3. The standard InChI is InChI=1S/C24H23N5O4S/c30-29(31)22-11-7-10-21(16-22)17-27-19-25-24(26-27)18-28(15-14-20-8-3-1-4-9-20)34(32,33)23-12-5-2-6-13-23/h1-13,16,19H,14-15,17-18H2. The fraction of sp³-hybridized carbons (Fsp3) is 0.167. The van der Waals surface area contributed by atoms with Crippen LogP contribution in [0.15, 0.2) is 96.2 Å². The van der Waals surface area contributed by atoms with E-state index in [1.807, 2.05) is 30.3 Å². The molecule has 1 heterocycles. The van der Waals surface area contributed by atoms with Crippen molar-refractivity contribution >= 4 is 15.7 Å². The lowest BCUT2D eigenvalue weighted by molar-refractivity contribution is -0.384. The highest BCUT2D eigenvalue weighted by atomic mass is 32.2. The average molecular weight is 478 g/mol. The van der Waals surface area contributed by atoms with Crippen LogP contribution >= 0.6 is 0 Å². The van der Waals surface area contributed by atoms with Crippen LogP contribution in [0.1, 0.15) is 17.0 Å². The highest BCUT2D eigenvalue weighted by molar-refractivity contribution is 7.89. The van der Waals surface area contributed by atoms with Gasteiger partial charge in [0.05, 0.1) is 22.9 Å². The van der Waals surface area contributed by atoms with Gasteiger partial charge in [-0.1, -0.05) is 60.7 Å². The van der Waals surface area contributed by atoms with Gasteiger partial charge >= 0.3 is 0 Å². The third kappa shape index (κ3) is 5.72. The Balaban J connectivity index is 1.54. The van der Waals surface area contributed by atoms with Gasteiger partial charge in [0.15, 0.2) is 5.82 Å². The van der Waals surface area contributed by atoms with Gasteiger partial charge in [-0.25, -0.2) is 18.1 Å². The molecule has 3 aromatic carbocycles. The Morgan fingerprint density at radius 2 is 1.59 bits per heavy atom. The zero-order valence-electron chi connectivity index (χ0n) is 18.3. The van der Waals surface area contributed by atoms with Crippen LogP contribution in [-0.4, -0.2) is 39.0 Å². The number of nitrogens with zero attached hydrogens (tertiary/aromatic N) is 5. The summed E-state index contributed by atoms with van der Waals surface area (Å²) in [5, 5.41) is 15.4. The molecule has 10 heteroatoms. The summed E-state index contributed by atoms with van der Waals surface area (Å²) in [5.41, 5.74) is 1.72. The zero-order chi connectivity index (χ0) is 24.0. The van der Waals surface area contributed by atoms with Crippen molar-refractivity contribution in [1.82, 2.24) is 19.1 Å². The Morgan fingerprint density at radius 1 is 0.912 bits per heavy atom. The molecule has 0 aliphatic rings. The van der Waals surface area contributed by atoms with Gasteiger partial charge in [-0.05, 0) is 29.7 Å². The van der Waals surface area contributed by atoms with E-state index in [0.29, 0.717) is 17.8 Å². The van der Waals surface area contributed by atoms with Crippen LogP contribution in [0.5, 0.6) is 0 Å². The molecule has 0 spiro atoms. The fourth-order valence-electron chi connectivity index (χ4n) is 3.52. The van der Waals surface area contributed by atoms with Crippen LogP contribution in [0.25, 0.3) is 0 Å². The van der Waals surface area contributed by atoms with Crippen molar-refractivity contribution in [2.75, 3.05) is 6.54 Å². The summed E-state index contributed by atoms with van der Waals surface area (Å²) in [4.78, 5) is 15.1. The van der Waals surface area contributed by atoms with Gasteiger partial charge in [0.25, 0.3) is 5.69 Å². The molecule has 0 N–H and O–H groups in total. The summed E-state index contributed by atoms with van der Waals surface area (Å²) in [6.45, 7) is 0.552. The molecule has 0 aliphatic heterocycles. The smallest absolute Gasteiger partial charge is 0.258 e. The van der Waals surface area contributed by atoms with Gasteiger partial charge in [0, 0.05) is 18.7 Å². The second kappa shape index (κ2) is 10.4. The first-order chi connectivity index (χ1) is 16.4. The maximum absolute atomic E-state index is 13.4. The fourth-order valence-corrected chi connectivity index (χ4v) is 4.94. The van der Waals surface area contributed by atoms with Crippen LogP contribution in [0, 0.1) is 10.1 Å². The molecule has 0 radical (unpaired) electrons. The van der Waals surface area contributed by atoms with Gasteiger partial charge in [-0.3, -0.25) is 10.1 Å². The molecule has 0 bridgehead atoms. The lowest BCUT2D eigenvalue weighted by atomic mass is 10.1. The molecule has 0 fully saturated rings. The zero-order valence-corrected chi connectivity index (χ0v) is 19.1. The van der Waals surface area contributed by atoms with E-state index in [-0.39, 0.29) is 30.2 Å². The topological polar surface area (TPSA) is 111 Å². The quantitative estimate of drug-likeness (QED) is 0.255. The summed E-state index contributed by atoms with van der Waals surface area (Å²) in [5.74, 6) is 0.345. The first-order valence-electron chi connectivity index (χ1n) is 10.6. The summed E-state index contributed by atoms with van der Waals surface area (Å²) >= 11 is 0. The number of sulfonamides is 1. The van der Waals surface area contributed by atoms with Gasteiger partial charge in [0.2, 0.25) is 10.0 Å². The number of non-ortho nitro benzene ring substituents is 1. The van der Waals surface area contributed by atoms with Crippen molar-refractivity contribution in [2.45, 2.75) is 24.4 Å². The van der Waals surface area contributed by atoms with E-state index in [4.69, 9.17) is 0 Å². The molecule has 0 saturated carbocycles. The maximum atomic E-state index is 13.4. The molecule has 0 amide bonds. The molecule has 9 nitrogen and oxygen atoms in total. The van der Waals surface area contributed by atoms with Crippen molar-refractivity contribution in [3.05, 3.63) is 118 Å². The predicted molar refractivity (Wildman–Crippen MR) is 126 cm³/mol. The lowest BCUT2D eigenvalue weighted by Crippen LogP contribution is -2.33. The van der Waals surface area contributed by atoms with Crippen LogP contribution in [0.3, 0.4) is 0 Å². The third-order valence-corrected chi connectivity index (χ3v) is 7.10. The first-order valence-corrected chi connectivity index (χ1v) is 12.1. The molecule has 0 saturated heterocycles. The molecular weight excluding hydrogens is 454 g/mol. The highest BCUT2D eigenvalue weighted by Crippen LogP contribution is 2.19. The molecule has 34 heavy (non-hydrogen) atoms. The lowest BCUT2D eigenvalue weighted by Gasteiger charge is -2.21. The molecular formula is C24H23N5O4S. The Labute approximate surface area is 197 Å². The van der Waals surface area contributed by atoms with Crippen LogP contribution < -0.4 is 0 Å². The number of nitro groups is 1. The highest BCUT2D eigenvalue weighted by Gasteiger charge is 2.25. The second-order valence-corrected chi connectivity index (χ2v) is 9.61. The van der Waals surface area contributed by atoms with E-state index in [1.165, 1.54) is 22.8 Å².